The number of pyridine rings is 1. The van der Waals surface area contributed by atoms with Crippen molar-refractivity contribution in [2.24, 2.45) is 5.92 Å². The zero-order valence-electron chi connectivity index (χ0n) is 16.5. The normalized spacial score (nSPS) is 19.4. The molecule has 2 fully saturated rings. The van der Waals surface area contributed by atoms with E-state index in [0.717, 1.165) is 79.3 Å². The van der Waals surface area contributed by atoms with Crippen LogP contribution in [-0.2, 0) is 4.74 Å². The van der Waals surface area contributed by atoms with Gasteiger partial charge in [-0.15, -0.1) is 0 Å². The Kier molecular flexibility index (Phi) is 4.91. The van der Waals surface area contributed by atoms with Crippen LogP contribution in [0.5, 0.6) is 0 Å². The van der Waals surface area contributed by atoms with Gasteiger partial charge in [0, 0.05) is 56.6 Å². The third-order valence-electron chi connectivity index (χ3n) is 5.87. The molecule has 2 saturated heterocycles. The predicted molar refractivity (Wildman–Crippen MR) is 109 cm³/mol. The fraction of sp³-hybridized carbons (Fsp3) is 0.476. The van der Waals surface area contributed by atoms with E-state index in [9.17, 15) is 5.11 Å². The lowest BCUT2D eigenvalue weighted by Gasteiger charge is -2.43. The van der Waals surface area contributed by atoms with Gasteiger partial charge in [0.15, 0.2) is 5.52 Å². The second kappa shape index (κ2) is 7.70. The van der Waals surface area contributed by atoms with Crippen molar-refractivity contribution in [2.75, 3.05) is 50.8 Å². The fourth-order valence-corrected chi connectivity index (χ4v) is 4.31. The first-order chi connectivity index (χ1) is 14.2. The summed E-state index contributed by atoms with van der Waals surface area (Å²) in [5, 5.41) is 18.4. The number of hydrogen-bond donors (Lipinski definition) is 1. The molecule has 0 amide bonds. The molecule has 1 N–H and O–H groups in total. The fourth-order valence-electron chi connectivity index (χ4n) is 4.31. The van der Waals surface area contributed by atoms with Gasteiger partial charge in [0.25, 0.3) is 0 Å². The van der Waals surface area contributed by atoms with Gasteiger partial charge < -0.3 is 14.7 Å². The van der Waals surface area contributed by atoms with Gasteiger partial charge >= 0.3 is 0 Å². The molecular weight excluding hydrogens is 370 g/mol. The van der Waals surface area contributed by atoms with Crippen molar-refractivity contribution in [3.05, 3.63) is 36.2 Å². The standard InChI is InChI=1S/C21H25N5O3/c1-14(27)17-2-3-22-10-18(17)16-8-19-21(24-29-23-19)20(9-16)26-12-15(13-26)11-25-4-6-28-7-5-25/h2-3,8-10,14-15,27H,4-7,11-13H2,1H3. The molecule has 29 heavy (non-hydrogen) atoms. The lowest BCUT2D eigenvalue weighted by molar-refractivity contribution is 0.0286. The summed E-state index contributed by atoms with van der Waals surface area (Å²) in [6, 6.07) is 5.91. The number of aliphatic hydroxyl groups excluding tert-OH is 1. The van der Waals surface area contributed by atoms with Crippen LogP contribution in [0.2, 0.25) is 0 Å². The first kappa shape index (κ1) is 18.5. The van der Waals surface area contributed by atoms with Crippen molar-refractivity contribution in [1.82, 2.24) is 20.2 Å². The highest BCUT2D eigenvalue weighted by atomic mass is 16.6. The number of nitrogens with zero attached hydrogens (tertiary/aromatic N) is 5. The molecular formula is C21H25N5O3. The number of rotatable bonds is 5. The molecule has 1 aromatic carbocycles. The summed E-state index contributed by atoms with van der Waals surface area (Å²) in [5.41, 5.74) is 5.23. The molecule has 0 saturated carbocycles. The highest BCUT2D eigenvalue weighted by Crippen LogP contribution is 2.37. The van der Waals surface area contributed by atoms with Crippen LogP contribution in [0.4, 0.5) is 5.69 Å². The molecule has 5 rings (SSSR count). The number of fused-ring (bicyclic) bond motifs is 1. The molecule has 0 aliphatic carbocycles. The molecule has 1 atom stereocenters. The molecule has 2 aromatic heterocycles. The molecule has 0 spiro atoms. The van der Waals surface area contributed by atoms with Crippen LogP contribution in [0.25, 0.3) is 22.2 Å². The Hall–Kier alpha value is -2.55. The van der Waals surface area contributed by atoms with E-state index >= 15 is 0 Å². The number of morpholine rings is 1. The van der Waals surface area contributed by atoms with Gasteiger partial charge in [-0.3, -0.25) is 9.88 Å². The molecule has 0 radical (unpaired) electrons. The second-order valence-electron chi connectivity index (χ2n) is 7.95. The Balaban J connectivity index is 1.41. The number of benzene rings is 1. The molecule has 2 aliphatic rings. The summed E-state index contributed by atoms with van der Waals surface area (Å²) < 4.78 is 10.5. The lowest BCUT2D eigenvalue weighted by Crippen LogP contribution is -2.53. The van der Waals surface area contributed by atoms with Crippen LogP contribution in [0, 0.1) is 5.92 Å². The zero-order valence-corrected chi connectivity index (χ0v) is 16.5. The monoisotopic (exact) mass is 395 g/mol. The third-order valence-corrected chi connectivity index (χ3v) is 5.87. The molecule has 4 heterocycles. The van der Waals surface area contributed by atoms with Crippen molar-refractivity contribution in [3.8, 4) is 11.1 Å². The van der Waals surface area contributed by atoms with Crippen LogP contribution in [0.3, 0.4) is 0 Å². The second-order valence-corrected chi connectivity index (χ2v) is 7.95. The van der Waals surface area contributed by atoms with Crippen molar-refractivity contribution in [1.29, 1.82) is 0 Å². The van der Waals surface area contributed by atoms with Gasteiger partial charge in [0.2, 0.25) is 0 Å². The van der Waals surface area contributed by atoms with E-state index in [1.165, 1.54) is 0 Å². The maximum Gasteiger partial charge on any atom is 0.158 e. The summed E-state index contributed by atoms with van der Waals surface area (Å²) in [6.07, 6.45) is 2.91. The van der Waals surface area contributed by atoms with E-state index in [1.54, 1.807) is 19.3 Å². The Labute approximate surface area is 169 Å². The molecule has 0 bridgehead atoms. The summed E-state index contributed by atoms with van der Waals surface area (Å²) in [4.78, 5) is 9.08. The first-order valence-electron chi connectivity index (χ1n) is 10.1. The molecule has 2 aliphatic heterocycles. The Morgan fingerprint density at radius 2 is 2.03 bits per heavy atom. The van der Waals surface area contributed by atoms with Crippen molar-refractivity contribution < 1.29 is 14.5 Å². The maximum atomic E-state index is 10.2. The summed E-state index contributed by atoms with van der Waals surface area (Å²) in [6.45, 7) is 8.55. The Bertz CT molecular complexity index is 993. The van der Waals surface area contributed by atoms with E-state index in [1.807, 2.05) is 12.1 Å². The summed E-state index contributed by atoms with van der Waals surface area (Å²) in [7, 11) is 0. The van der Waals surface area contributed by atoms with Gasteiger partial charge in [0.1, 0.15) is 5.52 Å². The quantitative estimate of drug-likeness (QED) is 0.703. The SMILES string of the molecule is CC(O)c1ccncc1-c1cc(N2CC(CN3CCOCC3)C2)c2nonc2c1. The summed E-state index contributed by atoms with van der Waals surface area (Å²) >= 11 is 0. The van der Waals surface area contributed by atoms with Crippen molar-refractivity contribution in [3.63, 3.8) is 0 Å². The van der Waals surface area contributed by atoms with Gasteiger partial charge in [-0.25, -0.2) is 4.63 Å². The zero-order chi connectivity index (χ0) is 19.8. The van der Waals surface area contributed by atoms with Gasteiger partial charge in [0.05, 0.1) is 25.0 Å². The minimum Gasteiger partial charge on any atom is -0.389 e. The predicted octanol–water partition coefficient (Wildman–Crippen LogP) is 2.11. The molecule has 8 heteroatoms. The maximum absolute atomic E-state index is 10.2. The smallest absolute Gasteiger partial charge is 0.158 e. The molecule has 8 nitrogen and oxygen atoms in total. The average molecular weight is 395 g/mol. The van der Waals surface area contributed by atoms with Crippen LogP contribution in [-0.4, -0.2) is 71.2 Å². The van der Waals surface area contributed by atoms with Gasteiger partial charge in [-0.05, 0) is 46.6 Å². The number of ether oxygens (including phenoxy) is 1. The topological polar surface area (TPSA) is 87.8 Å². The number of aromatic nitrogens is 3. The minimum absolute atomic E-state index is 0.579. The van der Waals surface area contributed by atoms with E-state index in [4.69, 9.17) is 9.37 Å². The average Bonchev–Trinajstić information content (AvgIpc) is 3.19. The van der Waals surface area contributed by atoms with E-state index in [0.29, 0.717) is 5.92 Å². The molecule has 3 aromatic rings. The summed E-state index contributed by atoms with van der Waals surface area (Å²) in [5.74, 6) is 0.637. The molecule has 152 valence electrons. The van der Waals surface area contributed by atoms with E-state index in [-0.39, 0.29) is 0 Å². The van der Waals surface area contributed by atoms with Gasteiger partial charge in [-0.2, -0.15) is 0 Å². The van der Waals surface area contributed by atoms with E-state index in [2.05, 4.69) is 31.2 Å². The minimum atomic E-state index is -0.579. The van der Waals surface area contributed by atoms with Gasteiger partial charge in [-0.1, -0.05) is 0 Å². The van der Waals surface area contributed by atoms with Crippen LogP contribution in [0.15, 0.2) is 35.2 Å². The lowest BCUT2D eigenvalue weighted by atomic mass is 9.95. The van der Waals surface area contributed by atoms with Crippen LogP contribution >= 0.6 is 0 Å². The third kappa shape index (κ3) is 3.59. The van der Waals surface area contributed by atoms with Crippen LogP contribution in [0.1, 0.15) is 18.6 Å². The Morgan fingerprint density at radius 3 is 2.83 bits per heavy atom. The molecule has 1 unspecified atom stereocenters. The van der Waals surface area contributed by atoms with Crippen LogP contribution < -0.4 is 4.90 Å². The number of anilines is 1. The Morgan fingerprint density at radius 1 is 1.21 bits per heavy atom. The first-order valence-corrected chi connectivity index (χ1v) is 10.1. The van der Waals surface area contributed by atoms with E-state index < -0.39 is 6.10 Å². The number of aliphatic hydroxyl groups is 1. The van der Waals surface area contributed by atoms with Crippen molar-refractivity contribution in [2.45, 2.75) is 13.0 Å². The largest absolute Gasteiger partial charge is 0.389 e. The number of hydrogen-bond acceptors (Lipinski definition) is 8. The van der Waals surface area contributed by atoms with Crippen molar-refractivity contribution >= 4 is 16.7 Å². The highest BCUT2D eigenvalue weighted by molar-refractivity contribution is 5.93. The highest BCUT2D eigenvalue weighted by Gasteiger charge is 2.31.